The van der Waals surface area contributed by atoms with E-state index in [-0.39, 0.29) is 5.17 Å². The first kappa shape index (κ1) is 16.2. The monoisotopic (exact) mass is 287 g/mol. The molecule has 6 nitrogen and oxygen atoms in total. The Kier molecular flexibility index (Phi) is 9.32. The van der Waals surface area contributed by atoms with Crippen LogP contribution in [-0.2, 0) is 9.53 Å². The predicted octanol–water partition coefficient (Wildman–Crippen LogP) is 1.17. The molecule has 0 atom stereocenters. The average molecular weight is 287 g/mol. The summed E-state index contributed by atoms with van der Waals surface area (Å²) in [5.74, 6) is 0.628. The number of aliphatic hydroxyl groups excluding tert-OH is 1. The smallest absolute Gasteiger partial charge is 0.262 e. The molecule has 0 unspecified atom stereocenters. The lowest BCUT2D eigenvalue weighted by atomic mass is 10.5. The third-order valence-corrected chi connectivity index (χ3v) is 1.58. The summed E-state index contributed by atoms with van der Waals surface area (Å²) in [5.41, 5.74) is 4.40. The number of ether oxygens (including phenoxy) is 1. The van der Waals surface area contributed by atoms with Gasteiger partial charge in [-0.3, -0.25) is 0 Å². The highest BCUT2D eigenvalue weighted by atomic mass is 32.1. The fourth-order valence-corrected chi connectivity index (χ4v) is 0.965. The van der Waals surface area contributed by atoms with E-state index < -0.39 is 5.17 Å². The van der Waals surface area contributed by atoms with Crippen LogP contribution in [0.2, 0.25) is 0 Å². The van der Waals surface area contributed by atoms with E-state index in [2.05, 4.69) is 28.3 Å². The maximum absolute atomic E-state index is 9.99. The number of anilines is 1. The SMILES string of the molecule is NC(O)=S.O=CCCOC(=S)Nc1ccccn1. The molecule has 4 N–H and O–H groups in total. The minimum atomic E-state index is -0.500. The highest BCUT2D eigenvalue weighted by Gasteiger charge is 1.97. The van der Waals surface area contributed by atoms with Crippen LogP contribution in [0.1, 0.15) is 6.42 Å². The van der Waals surface area contributed by atoms with Crippen LogP contribution in [0.15, 0.2) is 24.4 Å². The van der Waals surface area contributed by atoms with E-state index in [1.807, 2.05) is 12.1 Å². The van der Waals surface area contributed by atoms with E-state index in [0.717, 1.165) is 6.29 Å². The van der Waals surface area contributed by atoms with Gasteiger partial charge in [-0.15, -0.1) is 0 Å². The zero-order chi connectivity index (χ0) is 13.8. The number of nitrogens with two attached hydrogens (primary N) is 1. The molecule has 1 heterocycles. The van der Waals surface area contributed by atoms with Crippen LogP contribution in [0.3, 0.4) is 0 Å². The molecule has 1 aromatic rings. The van der Waals surface area contributed by atoms with Gasteiger partial charge in [0, 0.05) is 12.6 Å². The van der Waals surface area contributed by atoms with E-state index in [4.69, 9.17) is 22.1 Å². The number of hydrogen-bond donors (Lipinski definition) is 3. The second kappa shape index (κ2) is 10.4. The van der Waals surface area contributed by atoms with Gasteiger partial charge >= 0.3 is 0 Å². The number of aromatic nitrogens is 1. The van der Waals surface area contributed by atoms with E-state index in [9.17, 15) is 4.79 Å². The molecule has 0 spiro atoms. The van der Waals surface area contributed by atoms with Crippen LogP contribution in [0, 0.1) is 0 Å². The minimum absolute atomic E-state index is 0.227. The molecule has 0 amide bonds. The van der Waals surface area contributed by atoms with Crippen molar-refractivity contribution in [3.05, 3.63) is 24.4 Å². The topological polar surface area (TPSA) is 97.5 Å². The van der Waals surface area contributed by atoms with Crippen molar-refractivity contribution in [2.75, 3.05) is 11.9 Å². The lowest BCUT2D eigenvalue weighted by Crippen LogP contribution is -2.14. The number of rotatable bonds is 4. The molecule has 0 fully saturated rings. The Morgan fingerprint density at radius 1 is 1.56 bits per heavy atom. The average Bonchev–Trinajstić information content (AvgIpc) is 2.30. The molecule has 0 saturated carbocycles. The Labute approximate surface area is 115 Å². The van der Waals surface area contributed by atoms with Crippen molar-refractivity contribution in [1.29, 1.82) is 0 Å². The Morgan fingerprint density at radius 2 is 2.22 bits per heavy atom. The van der Waals surface area contributed by atoms with Gasteiger partial charge in [-0.2, -0.15) is 0 Å². The quantitative estimate of drug-likeness (QED) is 0.431. The summed E-state index contributed by atoms with van der Waals surface area (Å²) in [6.07, 6.45) is 2.77. The first-order valence-electron chi connectivity index (χ1n) is 4.83. The largest absolute Gasteiger partial charge is 0.487 e. The number of nitrogens with one attached hydrogen (secondary N) is 1. The molecule has 0 aliphatic rings. The van der Waals surface area contributed by atoms with Crippen molar-refractivity contribution in [1.82, 2.24) is 4.98 Å². The summed E-state index contributed by atoms with van der Waals surface area (Å²) in [6, 6.07) is 5.42. The number of pyridine rings is 1. The van der Waals surface area contributed by atoms with Gasteiger partial charge in [0.1, 0.15) is 12.1 Å². The zero-order valence-electron chi connectivity index (χ0n) is 9.41. The molecule has 1 aromatic heterocycles. The molecule has 1 rings (SSSR count). The number of aldehydes is 1. The molecule has 0 aliphatic carbocycles. The fourth-order valence-electron chi connectivity index (χ4n) is 0.777. The lowest BCUT2D eigenvalue weighted by Gasteiger charge is -2.06. The number of carbonyl (C=O) groups excluding carboxylic acids is 1. The van der Waals surface area contributed by atoms with Crippen LogP contribution in [0.25, 0.3) is 0 Å². The van der Waals surface area contributed by atoms with Gasteiger partial charge in [0.2, 0.25) is 0 Å². The Bertz CT molecular complexity index is 383. The molecule has 0 aromatic carbocycles. The van der Waals surface area contributed by atoms with Gasteiger partial charge < -0.3 is 25.7 Å². The van der Waals surface area contributed by atoms with Crippen molar-refractivity contribution < 1.29 is 14.6 Å². The van der Waals surface area contributed by atoms with Crippen LogP contribution in [0.4, 0.5) is 5.82 Å². The lowest BCUT2D eigenvalue weighted by molar-refractivity contribution is -0.108. The number of nitrogens with zero attached hydrogens (tertiary/aromatic N) is 1. The van der Waals surface area contributed by atoms with E-state index in [1.165, 1.54) is 0 Å². The summed E-state index contributed by atoms with van der Waals surface area (Å²) >= 11 is 8.73. The molecule has 0 saturated heterocycles. The predicted molar refractivity (Wildman–Crippen MR) is 76.5 cm³/mol. The number of aliphatic hydroxyl groups is 1. The third kappa shape index (κ3) is 10.7. The molecular weight excluding hydrogens is 274 g/mol. The van der Waals surface area contributed by atoms with E-state index in [0.29, 0.717) is 18.8 Å². The molecular formula is C10H13N3O3S2. The maximum atomic E-state index is 9.99. The summed E-state index contributed by atoms with van der Waals surface area (Å²) in [7, 11) is 0. The number of thiocarbonyl (C=S) groups is 2. The number of hydrogen-bond acceptors (Lipinski definition) is 5. The molecule has 8 heteroatoms. The van der Waals surface area contributed by atoms with Gasteiger partial charge in [0.05, 0.1) is 6.61 Å². The van der Waals surface area contributed by atoms with Crippen LogP contribution >= 0.6 is 24.4 Å². The van der Waals surface area contributed by atoms with E-state index in [1.54, 1.807) is 12.3 Å². The van der Waals surface area contributed by atoms with Gasteiger partial charge in [0.25, 0.3) is 10.3 Å². The van der Waals surface area contributed by atoms with Crippen molar-refractivity contribution in [3.8, 4) is 0 Å². The summed E-state index contributed by atoms with van der Waals surface area (Å²) < 4.78 is 5.04. The zero-order valence-corrected chi connectivity index (χ0v) is 11.0. The Balaban J connectivity index is 0.000000631. The third-order valence-electron chi connectivity index (χ3n) is 1.36. The maximum Gasteiger partial charge on any atom is 0.262 e. The van der Waals surface area contributed by atoms with Gasteiger partial charge in [-0.05, 0) is 36.6 Å². The Hall–Kier alpha value is -1.80. The molecule has 18 heavy (non-hydrogen) atoms. The molecule has 98 valence electrons. The molecule has 0 aliphatic heterocycles. The standard InChI is InChI=1S/C9H10N2O2S.CH3NOS/c12-6-3-7-13-9(14)11-8-4-1-2-5-10-8;2-1(3)4/h1-2,4-6H,3,7H2,(H,10,11,14);(H3,2,3,4). The molecule has 0 radical (unpaired) electrons. The number of carbonyl (C=O) groups is 1. The highest BCUT2D eigenvalue weighted by molar-refractivity contribution is 7.80. The summed E-state index contributed by atoms with van der Waals surface area (Å²) in [6.45, 7) is 0.294. The Morgan fingerprint density at radius 3 is 2.72 bits per heavy atom. The minimum Gasteiger partial charge on any atom is -0.487 e. The summed E-state index contributed by atoms with van der Waals surface area (Å²) in [5, 5.41) is 10.1. The molecule has 0 bridgehead atoms. The van der Waals surface area contributed by atoms with Crippen LogP contribution in [0.5, 0.6) is 0 Å². The van der Waals surface area contributed by atoms with Crippen molar-refractivity contribution in [3.63, 3.8) is 0 Å². The normalized spacial score (nSPS) is 8.44. The van der Waals surface area contributed by atoms with Crippen molar-refractivity contribution in [2.45, 2.75) is 6.42 Å². The summed E-state index contributed by atoms with van der Waals surface area (Å²) in [4.78, 5) is 14.0. The first-order chi connectivity index (χ1) is 8.56. The van der Waals surface area contributed by atoms with Gasteiger partial charge in [-0.25, -0.2) is 4.98 Å². The van der Waals surface area contributed by atoms with Crippen LogP contribution < -0.4 is 11.1 Å². The second-order valence-corrected chi connectivity index (χ2v) is 3.56. The van der Waals surface area contributed by atoms with Gasteiger partial charge in [-0.1, -0.05) is 6.07 Å². The van der Waals surface area contributed by atoms with E-state index >= 15 is 0 Å². The van der Waals surface area contributed by atoms with Gasteiger partial charge in [0.15, 0.2) is 0 Å². The fraction of sp³-hybridized carbons (Fsp3) is 0.200. The highest BCUT2D eigenvalue weighted by Crippen LogP contribution is 2.00. The van der Waals surface area contributed by atoms with Crippen molar-refractivity contribution >= 4 is 46.9 Å². The van der Waals surface area contributed by atoms with Crippen LogP contribution in [-0.4, -0.2) is 33.3 Å². The second-order valence-electron chi connectivity index (χ2n) is 2.77. The van der Waals surface area contributed by atoms with Crippen molar-refractivity contribution in [2.24, 2.45) is 5.73 Å². The first-order valence-corrected chi connectivity index (χ1v) is 5.64.